The maximum atomic E-state index is 13.5. The van der Waals surface area contributed by atoms with Crippen molar-refractivity contribution in [3.05, 3.63) is 64.7 Å². The van der Waals surface area contributed by atoms with Gasteiger partial charge in [0, 0.05) is 5.69 Å². The molecule has 6 heteroatoms. The molecule has 21 heavy (non-hydrogen) atoms. The second kappa shape index (κ2) is 5.70. The number of benzene rings is 2. The first kappa shape index (κ1) is 14.6. The van der Waals surface area contributed by atoms with E-state index in [0.29, 0.717) is 5.56 Å². The molecule has 2 rings (SSSR count). The highest BCUT2D eigenvalue weighted by atomic mass is 19.1. The first-order chi connectivity index (χ1) is 9.90. The molecule has 108 valence electrons. The molecule has 0 aliphatic carbocycles. The van der Waals surface area contributed by atoms with Gasteiger partial charge in [0.2, 0.25) is 0 Å². The van der Waals surface area contributed by atoms with E-state index in [-0.39, 0.29) is 11.3 Å². The first-order valence-electron chi connectivity index (χ1n) is 5.99. The van der Waals surface area contributed by atoms with Crippen LogP contribution in [0.25, 0.3) is 0 Å². The highest BCUT2D eigenvalue weighted by Crippen LogP contribution is 2.20. The fourth-order valence-corrected chi connectivity index (χ4v) is 1.86. The highest BCUT2D eigenvalue weighted by Gasteiger charge is 2.16. The molecule has 2 aromatic carbocycles. The van der Waals surface area contributed by atoms with E-state index in [2.05, 4.69) is 5.32 Å². The lowest BCUT2D eigenvalue weighted by molar-refractivity contribution is 0.0695. The Balaban J connectivity index is 2.34. The van der Waals surface area contributed by atoms with Crippen LogP contribution in [0, 0.1) is 18.6 Å². The number of anilines is 1. The van der Waals surface area contributed by atoms with Gasteiger partial charge in [0.1, 0.15) is 11.6 Å². The van der Waals surface area contributed by atoms with E-state index in [9.17, 15) is 18.4 Å². The summed E-state index contributed by atoms with van der Waals surface area (Å²) in [6.45, 7) is 1.51. The lowest BCUT2D eigenvalue weighted by Gasteiger charge is -2.11. The van der Waals surface area contributed by atoms with E-state index < -0.39 is 29.1 Å². The molecule has 0 aromatic heterocycles. The summed E-state index contributed by atoms with van der Waals surface area (Å²) < 4.78 is 26.6. The van der Waals surface area contributed by atoms with E-state index in [1.807, 2.05) is 0 Å². The van der Waals surface area contributed by atoms with Gasteiger partial charge in [0.15, 0.2) is 0 Å². The van der Waals surface area contributed by atoms with Crippen LogP contribution in [-0.2, 0) is 0 Å². The van der Waals surface area contributed by atoms with Crippen LogP contribution in [0.4, 0.5) is 14.5 Å². The van der Waals surface area contributed by atoms with Crippen molar-refractivity contribution >= 4 is 17.6 Å². The molecule has 4 nitrogen and oxygen atoms in total. The van der Waals surface area contributed by atoms with Crippen LogP contribution in [0.15, 0.2) is 36.4 Å². The number of carboxylic acids is 1. The average molecular weight is 291 g/mol. The van der Waals surface area contributed by atoms with Crippen LogP contribution >= 0.6 is 0 Å². The Hall–Kier alpha value is -2.76. The van der Waals surface area contributed by atoms with Gasteiger partial charge >= 0.3 is 5.97 Å². The van der Waals surface area contributed by atoms with Crippen molar-refractivity contribution in [2.75, 3.05) is 5.32 Å². The van der Waals surface area contributed by atoms with Gasteiger partial charge in [0.25, 0.3) is 5.91 Å². The zero-order valence-corrected chi connectivity index (χ0v) is 11.0. The average Bonchev–Trinajstić information content (AvgIpc) is 2.43. The van der Waals surface area contributed by atoms with Crippen LogP contribution in [0.2, 0.25) is 0 Å². The van der Waals surface area contributed by atoms with E-state index in [4.69, 9.17) is 5.11 Å². The molecular formula is C15H11F2NO3. The maximum Gasteiger partial charge on any atom is 0.336 e. The second-order valence-corrected chi connectivity index (χ2v) is 4.36. The Kier molecular flexibility index (Phi) is 3.98. The maximum absolute atomic E-state index is 13.5. The van der Waals surface area contributed by atoms with Crippen LogP contribution in [0.3, 0.4) is 0 Å². The topological polar surface area (TPSA) is 66.4 Å². The summed E-state index contributed by atoms with van der Waals surface area (Å²) in [5.41, 5.74) is 0.126. The summed E-state index contributed by atoms with van der Waals surface area (Å²) in [7, 11) is 0. The van der Waals surface area contributed by atoms with E-state index in [1.54, 1.807) is 0 Å². The zero-order valence-electron chi connectivity index (χ0n) is 11.0. The van der Waals surface area contributed by atoms with Crippen molar-refractivity contribution in [1.82, 2.24) is 0 Å². The molecule has 0 spiro atoms. The van der Waals surface area contributed by atoms with E-state index >= 15 is 0 Å². The minimum Gasteiger partial charge on any atom is -0.478 e. The normalized spacial score (nSPS) is 10.2. The fraction of sp³-hybridized carbons (Fsp3) is 0.0667. The van der Waals surface area contributed by atoms with Crippen LogP contribution in [0.1, 0.15) is 26.3 Å². The second-order valence-electron chi connectivity index (χ2n) is 4.36. The van der Waals surface area contributed by atoms with Crippen LogP contribution in [0.5, 0.6) is 0 Å². The summed E-state index contributed by atoms with van der Waals surface area (Å²) in [5, 5.41) is 11.4. The molecule has 0 radical (unpaired) electrons. The molecule has 0 saturated carbocycles. The molecule has 0 atom stereocenters. The molecule has 2 N–H and O–H groups in total. The number of halogens is 2. The number of hydrogen-bond acceptors (Lipinski definition) is 2. The van der Waals surface area contributed by atoms with Crippen molar-refractivity contribution in [3.8, 4) is 0 Å². The molecule has 0 aliphatic heterocycles. The van der Waals surface area contributed by atoms with Crippen molar-refractivity contribution < 1.29 is 23.5 Å². The molecule has 0 bridgehead atoms. The Bertz CT molecular complexity index is 729. The SMILES string of the molecule is Cc1c(NC(=O)c2cc(F)ccc2F)cccc1C(=O)O. The lowest BCUT2D eigenvalue weighted by atomic mass is 10.1. The molecule has 0 saturated heterocycles. The predicted molar refractivity (Wildman–Crippen MR) is 72.4 cm³/mol. The summed E-state index contributed by atoms with van der Waals surface area (Å²) in [4.78, 5) is 23.0. The van der Waals surface area contributed by atoms with Gasteiger partial charge in [0.05, 0.1) is 11.1 Å². The standard InChI is InChI=1S/C15H11F2NO3/c1-8-10(15(20)21)3-2-4-13(8)18-14(19)11-7-9(16)5-6-12(11)17/h2-7H,1H3,(H,18,19)(H,20,21). The minimum atomic E-state index is -1.14. The van der Waals surface area contributed by atoms with Crippen molar-refractivity contribution in [2.45, 2.75) is 6.92 Å². The summed E-state index contributed by atoms with van der Waals surface area (Å²) in [6, 6.07) is 6.86. The van der Waals surface area contributed by atoms with Crippen molar-refractivity contribution in [1.29, 1.82) is 0 Å². The van der Waals surface area contributed by atoms with Gasteiger partial charge in [-0.3, -0.25) is 4.79 Å². The number of hydrogen-bond donors (Lipinski definition) is 2. The van der Waals surface area contributed by atoms with E-state index in [1.165, 1.54) is 25.1 Å². The molecule has 0 fully saturated rings. The summed E-state index contributed by atoms with van der Waals surface area (Å²) in [5.74, 6) is -3.59. The van der Waals surface area contributed by atoms with Gasteiger partial charge < -0.3 is 10.4 Å². The molecule has 1 amide bonds. The first-order valence-corrected chi connectivity index (χ1v) is 5.99. The zero-order chi connectivity index (χ0) is 15.6. The van der Waals surface area contributed by atoms with E-state index in [0.717, 1.165) is 18.2 Å². The Labute approximate surface area is 119 Å². The lowest BCUT2D eigenvalue weighted by Crippen LogP contribution is -2.15. The van der Waals surface area contributed by atoms with Gasteiger partial charge in [-0.2, -0.15) is 0 Å². The number of amides is 1. The number of carboxylic acid groups (broad SMARTS) is 1. The van der Waals surface area contributed by atoms with Crippen LogP contribution in [-0.4, -0.2) is 17.0 Å². The number of aromatic carboxylic acids is 1. The highest BCUT2D eigenvalue weighted by molar-refractivity contribution is 6.05. The number of rotatable bonds is 3. The number of carbonyl (C=O) groups is 2. The van der Waals surface area contributed by atoms with Gasteiger partial charge in [-0.25, -0.2) is 13.6 Å². The van der Waals surface area contributed by atoms with Crippen molar-refractivity contribution in [3.63, 3.8) is 0 Å². The fourth-order valence-electron chi connectivity index (χ4n) is 1.86. The predicted octanol–water partition coefficient (Wildman–Crippen LogP) is 3.22. The third-order valence-corrected chi connectivity index (χ3v) is 2.99. The minimum absolute atomic E-state index is 0.0208. The number of nitrogens with one attached hydrogen (secondary N) is 1. The number of carbonyl (C=O) groups excluding carboxylic acids is 1. The Morgan fingerprint density at radius 2 is 1.81 bits per heavy atom. The molecular weight excluding hydrogens is 280 g/mol. The molecule has 2 aromatic rings. The van der Waals surface area contributed by atoms with Crippen molar-refractivity contribution in [2.24, 2.45) is 0 Å². The van der Waals surface area contributed by atoms with Crippen LogP contribution < -0.4 is 5.32 Å². The molecule has 0 unspecified atom stereocenters. The largest absolute Gasteiger partial charge is 0.478 e. The molecule has 0 aliphatic rings. The molecule has 0 heterocycles. The smallest absolute Gasteiger partial charge is 0.336 e. The Morgan fingerprint density at radius 3 is 2.48 bits per heavy atom. The van der Waals surface area contributed by atoms with Gasteiger partial charge in [-0.05, 0) is 42.8 Å². The summed E-state index contributed by atoms with van der Waals surface area (Å²) >= 11 is 0. The quantitative estimate of drug-likeness (QED) is 0.912. The summed E-state index contributed by atoms with van der Waals surface area (Å²) in [6.07, 6.45) is 0. The van der Waals surface area contributed by atoms with Gasteiger partial charge in [-0.1, -0.05) is 6.07 Å². The van der Waals surface area contributed by atoms with Gasteiger partial charge in [-0.15, -0.1) is 0 Å². The monoisotopic (exact) mass is 291 g/mol. The Morgan fingerprint density at radius 1 is 1.10 bits per heavy atom. The third kappa shape index (κ3) is 3.05. The third-order valence-electron chi connectivity index (χ3n) is 2.99.